The number of morpholine rings is 1. The predicted octanol–water partition coefficient (Wildman–Crippen LogP) is 0.994. The minimum absolute atomic E-state index is 0.0584. The quantitative estimate of drug-likeness (QED) is 0.463. The van der Waals surface area contributed by atoms with E-state index in [2.05, 4.69) is 15.1 Å². The van der Waals surface area contributed by atoms with Gasteiger partial charge in [-0.25, -0.2) is 4.79 Å². The molecule has 152 valence electrons. The number of hydrogen-bond acceptors (Lipinski definition) is 8. The summed E-state index contributed by atoms with van der Waals surface area (Å²) in [5.41, 5.74) is 1.08. The summed E-state index contributed by atoms with van der Waals surface area (Å²) in [7, 11) is 0. The highest BCUT2D eigenvalue weighted by Crippen LogP contribution is 2.33. The largest absolute Gasteiger partial charge is 0.461 e. The zero-order chi connectivity index (χ0) is 20.7. The van der Waals surface area contributed by atoms with E-state index in [4.69, 9.17) is 9.47 Å². The van der Waals surface area contributed by atoms with Gasteiger partial charge in [-0.05, 0) is 12.1 Å². The molecule has 9 heteroatoms. The standard InChI is InChI=1S/C21H18N4O5/c26-19-13-11-22-23-12-14(13)20(27)18-17(19)16(15-3-1-2-4-25(15)18)21(28)30-10-7-24-5-8-29-9-6-24/h1-4,11-12H,5-10H2. The number of esters is 1. The summed E-state index contributed by atoms with van der Waals surface area (Å²) >= 11 is 0. The van der Waals surface area contributed by atoms with Gasteiger partial charge in [-0.15, -0.1) is 0 Å². The topological polar surface area (TPSA) is 103 Å². The molecular weight excluding hydrogens is 388 g/mol. The van der Waals surface area contributed by atoms with Crippen LogP contribution in [-0.2, 0) is 9.47 Å². The van der Waals surface area contributed by atoms with Crippen LogP contribution in [0.2, 0.25) is 0 Å². The Kier molecular flexibility index (Phi) is 4.61. The van der Waals surface area contributed by atoms with Crippen molar-refractivity contribution in [3.8, 4) is 0 Å². The van der Waals surface area contributed by atoms with E-state index in [1.165, 1.54) is 12.4 Å². The molecular formula is C21H18N4O5. The molecule has 0 N–H and O–H groups in total. The number of rotatable bonds is 4. The highest BCUT2D eigenvalue weighted by Gasteiger charge is 2.38. The Labute approximate surface area is 171 Å². The summed E-state index contributed by atoms with van der Waals surface area (Å²) in [6.07, 6.45) is 4.19. The number of carbonyl (C=O) groups excluding carboxylic acids is 3. The number of pyridine rings is 1. The summed E-state index contributed by atoms with van der Waals surface area (Å²) in [5.74, 6) is -1.43. The number of carbonyl (C=O) groups is 3. The van der Waals surface area contributed by atoms with Gasteiger partial charge in [0.05, 0.1) is 53.4 Å². The maximum atomic E-state index is 13.2. The second-order valence-electron chi connectivity index (χ2n) is 7.12. The average Bonchev–Trinajstić information content (AvgIpc) is 3.14. The van der Waals surface area contributed by atoms with Gasteiger partial charge in [0, 0.05) is 25.8 Å². The molecule has 1 aliphatic heterocycles. The Balaban J connectivity index is 1.52. The Morgan fingerprint density at radius 1 is 1.07 bits per heavy atom. The molecule has 0 atom stereocenters. The van der Waals surface area contributed by atoms with Gasteiger partial charge < -0.3 is 13.9 Å². The lowest BCUT2D eigenvalue weighted by molar-refractivity contribution is 0.0196. The van der Waals surface area contributed by atoms with Crippen molar-refractivity contribution in [1.29, 1.82) is 0 Å². The van der Waals surface area contributed by atoms with Gasteiger partial charge in [0.2, 0.25) is 5.78 Å². The molecule has 3 aromatic rings. The number of hydrogen-bond donors (Lipinski definition) is 0. The summed E-state index contributed by atoms with van der Waals surface area (Å²) in [6.45, 7) is 3.64. The first kappa shape index (κ1) is 18.6. The molecule has 2 aliphatic rings. The Morgan fingerprint density at radius 2 is 1.80 bits per heavy atom. The second kappa shape index (κ2) is 7.43. The van der Waals surface area contributed by atoms with E-state index in [1.807, 2.05) is 0 Å². The van der Waals surface area contributed by atoms with Gasteiger partial charge in [0.25, 0.3) is 0 Å². The summed E-state index contributed by atoms with van der Waals surface area (Å²) in [4.78, 5) is 41.5. The number of aromatic nitrogens is 3. The SMILES string of the molecule is O=C1c2cnncc2C(=O)c2c1c(C(=O)OCCN1CCOCC1)c1ccccn21. The monoisotopic (exact) mass is 406 g/mol. The van der Waals surface area contributed by atoms with Crippen molar-refractivity contribution < 1.29 is 23.9 Å². The maximum absolute atomic E-state index is 13.2. The summed E-state index contributed by atoms with van der Waals surface area (Å²) in [5, 5.41) is 7.45. The first-order valence-corrected chi connectivity index (χ1v) is 9.67. The molecule has 0 amide bonds. The fourth-order valence-corrected chi connectivity index (χ4v) is 3.97. The summed E-state index contributed by atoms with van der Waals surface area (Å²) < 4.78 is 12.4. The Bertz CT molecular complexity index is 1180. The van der Waals surface area contributed by atoms with Crippen molar-refractivity contribution in [3.05, 3.63) is 64.7 Å². The molecule has 0 spiro atoms. The molecule has 5 rings (SSSR count). The van der Waals surface area contributed by atoms with Crippen molar-refractivity contribution in [1.82, 2.24) is 19.5 Å². The van der Waals surface area contributed by atoms with Crippen LogP contribution in [0.25, 0.3) is 5.52 Å². The van der Waals surface area contributed by atoms with Crippen LogP contribution < -0.4 is 0 Å². The molecule has 1 aliphatic carbocycles. The predicted molar refractivity (Wildman–Crippen MR) is 104 cm³/mol. The zero-order valence-electron chi connectivity index (χ0n) is 16.0. The first-order valence-electron chi connectivity index (χ1n) is 9.67. The van der Waals surface area contributed by atoms with E-state index in [0.717, 1.165) is 13.1 Å². The number of nitrogens with zero attached hydrogens (tertiary/aromatic N) is 4. The molecule has 9 nitrogen and oxygen atoms in total. The van der Waals surface area contributed by atoms with Gasteiger partial charge in [-0.3, -0.25) is 14.5 Å². The van der Waals surface area contributed by atoms with Gasteiger partial charge >= 0.3 is 5.97 Å². The third kappa shape index (κ3) is 2.90. The van der Waals surface area contributed by atoms with E-state index in [-0.39, 0.29) is 40.3 Å². The normalized spacial score (nSPS) is 16.4. The van der Waals surface area contributed by atoms with E-state index < -0.39 is 11.8 Å². The average molecular weight is 406 g/mol. The fourth-order valence-electron chi connectivity index (χ4n) is 3.97. The van der Waals surface area contributed by atoms with Crippen molar-refractivity contribution in [2.75, 3.05) is 39.5 Å². The zero-order valence-corrected chi connectivity index (χ0v) is 16.0. The van der Waals surface area contributed by atoms with E-state index in [9.17, 15) is 14.4 Å². The lowest BCUT2D eigenvalue weighted by Gasteiger charge is -2.26. The van der Waals surface area contributed by atoms with Crippen LogP contribution in [-0.4, -0.2) is 76.5 Å². The molecule has 1 fully saturated rings. The third-order valence-corrected chi connectivity index (χ3v) is 5.45. The van der Waals surface area contributed by atoms with Crippen LogP contribution in [0.15, 0.2) is 36.8 Å². The number of ether oxygens (including phenoxy) is 2. The van der Waals surface area contributed by atoms with Crippen molar-refractivity contribution >= 4 is 23.1 Å². The smallest absolute Gasteiger partial charge is 0.341 e. The van der Waals surface area contributed by atoms with Crippen molar-refractivity contribution in [2.24, 2.45) is 0 Å². The van der Waals surface area contributed by atoms with Crippen LogP contribution in [0.3, 0.4) is 0 Å². The molecule has 1 saturated heterocycles. The molecule has 3 aromatic heterocycles. The van der Waals surface area contributed by atoms with Crippen LogP contribution in [0.4, 0.5) is 0 Å². The maximum Gasteiger partial charge on any atom is 0.341 e. The van der Waals surface area contributed by atoms with Crippen molar-refractivity contribution in [2.45, 2.75) is 0 Å². The highest BCUT2D eigenvalue weighted by atomic mass is 16.5. The van der Waals surface area contributed by atoms with Gasteiger partial charge in [0.1, 0.15) is 12.3 Å². The Morgan fingerprint density at radius 3 is 2.57 bits per heavy atom. The van der Waals surface area contributed by atoms with E-state index in [1.54, 1.807) is 28.8 Å². The lowest BCUT2D eigenvalue weighted by atomic mass is 9.88. The summed E-state index contributed by atoms with van der Waals surface area (Å²) in [6, 6.07) is 5.17. The molecule has 4 heterocycles. The molecule has 0 bridgehead atoms. The van der Waals surface area contributed by atoms with Crippen LogP contribution in [0.5, 0.6) is 0 Å². The van der Waals surface area contributed by atoms with Crippen molar-refractivity contribution in [3.63, 3.8) is 0 Å². The van der Waals surface area contributed by atoms with Gasteiger partial charge in [0.15, 0.2) is 5.78 Å². The molecule has 0 radical (unpaired) electrons. The van der Waals surface area contributed by atoms with Gasteiger partial charge in [-0.2, -0.15) is 10.2 Å². The molecule has 0 saturated carbocycles. The molecule has 0 unspecified atom stereocenters. The second-order valence-corrected chi connectivity index (χ2v) is 7.12. The minimum atomic E-state index is -0.625. The first-order chi connectivity index (χ1) is 14.7. The Hall–Kier alpha value is -3.43. The lowest BCUT2D eigenvalue weighted by Crippen LogP contribution is -2.38. The van der Waals surface area contributed by atoms with Crippen LogP contribution >= 0.6 is 0 Å². The minimum Gasteiger partial charge on any atom is -0.461 e. The van der Waals surface area contributed by atoms with Crippen LogP contribution in [0.1, 0.15) is 42.3 Å². The van der Waals surface area contributed by atoms with E-state index >= 15 is 0 Å². The highest BCUT2D eigenvalue weighted by molar-refractivity contribution is 6.31. The van der Waals surface area contributed by atoms with Gasteiger partial charge in [-0.1, -0.05) is 6.07 Å². The fraction of sp³-hybridized carbons (Fsp3) is 0.286. The van der Waals surface area contributed by atoms with E-state index in [0.29, 0.717) is 25.3 Å². The van der Waals surface area contributed by atoms with Crippen LogP contribution in [0, 0.1) is 0 Å². The number of ketones is 2. The third-order valence-electron chi connectivity index (χ3n) is 5.45. The number of fused-ring (bicyclic) bond motifs is 4. The molecule has 0 aromatic carbocycles. The molecule has 30 heavy (non-hydrogen) atoms.